The van der Waals surface area contributed by atoms with E-state index in [4.69, 9.17) is 0 Å². The van der Waals surface area contributed by atoms with Crippen molar-refractivity contribution in [2.45, 2.75) is 87.7 Å². The number of rotatable bonds is 11. The van der Waals surface area contributed by atoms with Crippen molar-refractivity contribution in [3.05, 3.63) is 88.0 Å². The van der Waals surface area contributed by atoms with Gasteiger partial charge < -0.3 is 5.11 Å². The maximum absolute atomic E-state index is 16.0. The third kappa shape index (κ3) is 6.22. The van der Waals surface area contributed by atoms with E-state index in [9.17, 15) is 28.0 Å². The summed E-state index contributed by atoms with van der Waals surface area (Å²) in [4.78, 5) is 21.0. The molecule has 8 nitrogen and oxygen atoms in total. The number of hydrogen-bond donors (Lipinski definition) is 1. The number of hydrogen-bond acceptors (Lipinski definition) is 7. The van der Waals surface area contributed by atoms with Crippen LogP contribution in [0, 0.1) is 30.1 Å². The Morgan fingerprint density at radius 1 is 1.11 bits per heavy atom. The Bertz CT molecular complexity index is 1810. The summed E-state index contributed by atoms with van der Waals surface area (Å²) in [5.41, 5.74) is -0.876. The highest BCUT2D eigenvalue weighted by atomic mass is 32.2. The van der Waals surface area contributed by atoms with Gasteiger partial charge in [0.15, 0.2) is 4.90 Å². The summed E-state index contributed by atoms with van der Waals surface area (Å²) >= 11 is 0. The molecule has 44 heavy (non-hydrogen) atoms. The van der Waals surface area contributed by atoms with Gasteiger partial charge in [0.25, 0.3) is 5.56 Å². The van der Waals surface area contributed by atoms with Gasteiger partial charge in [0, 0.05) is 17.7 Å². The van der Waals surface area contributed by atoms with Crippen LogP contribution < -0.4 is 5.56 Å². The molecular weight excluding hydrogens is 586 g/mol. The molecule has 1 N–H and O–H groups in total. The average Bonchev–Trinajstić information content (AvgIpc) is 2.97. The van der Waals surface area contributed by atoms with Crippen LogP contribution in [0.5, 0.6) is 5.88 Å². The minimum atomic E-state index is -4.57. The third-order valence-electron chi connectivity index (χ3n) is 7.94. The lowest BCUT2D eigenvalue weighted by Crippen LogP contribution is -2.36. The van der Waals surface area contributed by atoms with E-state index in [0.717, 1.165) is 6.42 Å². The Kier molecular flexibility index (Phi) is 9.84. The van der Waals surface area contributed by atoms with Gasteiger partial charge >= 0.3 is 0 Å². The van der Waals surface area contributed by atoms with Crippen LogP contribution in [-0.4, -0.2) is 33.7 Å². The Balaban J connectivity index is 1.87. The number of nitriles is 1. The molecule has 2 unspecified atom stereocenters. The van der Waals surface area contributed by atoms with Gasteiger partial charge in [-0.1, -0.05) is 57.9 Å². The zero-order chi connectivity index (χ0) is 32.2. The van der Waals surface area contributed by atoms with Crippen molar-refractivity contribution in [1.29, 1.82) is 5.26 Å². The van der Waals surface area contributed by atoms with E-state index >= 15 is 4.39 Å². The van der Waals surface area contributed by atoms with E-state index in [1.165, 1.54) is 53.1 Å². The molecule has 11 heteroatoms. The number of nitrogens with zero attached hydrogens (tertiary/aromatic N) is 4. The lowest BCUT2D eigenvalue weighted by molar-refractivity contribution is 0.175. The molecule has 232 valence electrons. The van der Waals surface area contributed by atoms with Crippen LogP contribution in [0.4, 0.5) is 8.78 Å². The number of unbranched alkanes of at least 4 members (excludes halogenated alkanes) is 1. The molecule has 0 radical (unpaired) electrons. The van der Waals surface area contributed by atoms with Crippen LogP contribution in [0.25, 0.3) is 11.1 Å². The van der Waals surface area contributed by atoms with Crippen molar-refractivity contribution in [1.82, 2.24) is 14.5 Å². The molecular formula is C33H36F2N4O4S. The summed E-state index contributed by atoms with van der Waals surface area (Å²) in [5.74, 6) is -2.35. The second kappa shape index (κ2) is 13.2. The van der Waals surface area contributed by atoms with Gasteiger partial charge in [0.2, 0.25) is 21.7 Å². The molecule has 0 spiro atoms. The highest BCUT2D eigenvalue weighted by Crippen LogP contribution is 2.39. The van der Waals surface area contributed by atoms with Gasteiger partial charge in [-0.2, -0.15) is 14.6 Å². The molecule has 2 heterocycles. The SMILES string of the molecule is CCCCc1nc(O)c(S(=O)(=O)c2ccc(-c3ccc(F)nc3C)cc2)c(=O)n1[C@@H](CC)C1=CC(F)(CCC)C(C#N)C=C1. The number of sulfone groups is 1. The fraction of sp³-hybridized carbons (Fsp3) is 0.394. The van der Waals surface area contributed by atoms with E-state index in [-0.39, 0.29) is 23.6 Å². The quantitative estimate of drug-likeness (QED) is 0.235. The Labute approximate surface area is 256 Å². The second-order valence-electron chi connectivity index (χ2n) is 11.0. The topological polar surface area (TPSA) is 126 Å². The molecule has 1 aromatic carbocycles. The zero-order valence-corrected chi connectivity index (χ0v) is 26.0. The molecule has 0 saturated carbocycles. The molecule has 2 aromatic heterocycles. The first kappa shape index (κ1) is 32.7. The fourth-order valence-electron chi connectivity index (χ4n) is 5.70. The van der Waals surface area contributed by atoms with Crippen molar-refractivity contribution in [2.75, 3.05) is 0 Å². The Morgan fingerprint density at radius 3 is 2.41 bits per heavy atom. The lowest BCUT2D eigenvalue weighted by atomic mass is 9.79. The molecule has 0 aliphatic heterocycles. The number of allylic oxidation sites excluding steroid dienone is 4. The van der Waals surface area contributed by atoms with E-state index in [1.807, 2.05) is 19.9 Å². The van der Waals surface area contributed by atoms with Gasteiger partial charge in [-0.3, -0.25) is 9.36 Å². The van der Waals surface area contributed by atoms with Crippen LogP contribution >= 0.6 is 0 Å². The highest BCUT2D eigenvalue weighted by molar-refractivity contribution is 7.91. The van der Waals surface area contributed by atoms with Crippen LogP contribution in [0.1, 0.15) is 70.4 Å². The molecule has 0 saturated heterocycles. The van der Waals surface area contributed by atoms with E-state index in [1.54, 1.807) is 19.9 Å². The zero-order valence-electron chi connectivity index (χ0n) is 25.2. The van der Waals surface area contributed by atoms with Crippen LogP contribution in [0.15, 0.2) is 74.8 Å². The summed E-state index contributed by atoms with van der Waals surface area (Å²) < 4.78 is 58.5. The number of halogens is 2. The normalized spacial score (nSPS) is 18.9. The van der Waals surface area contributed by atoms with E-state index in [0.29, 0.717) is 41.7 Å². The number of pyridine rings is 1. The van der Waals surface area contributed by atoms with Gasteiger partial charge in [-0.15, -0.1) is 0 Å². The molecule has 3 aromatic rings. The number of benzene rings is 1. The standard InChI is InChI=1S/C33H36F2N4O4S/c1-5-8-9-29-38-31(40)30(44(42,43)25-14-11-22(12-15-25)26-16-17-28(34)37-21(26)4)32(41)39(29)27(7-3)23-10-13-24(20-36)33(35,19-23)18-6-2/h10-17,19,24,27,40H,5-9,18H2,1-4H3/t24?,27-,33?/m0/s1. The van der Waals surface area contributed by atoms with Crippen LogP contribution in [0.3, 0.4) is 0 Å². The fourth-order valence-corrected chi connectivity index (χ4v) is 7.05. The number of aryl methyl sites for hydroxylation is 2. The van der Waals surface area contributed by atoms with Crippen molar-refractivity contribution >= 4 is 9.84 Å². The van der Waals surface area contributed by atoms with Crippen LogP contribution in [0.2, 0.25) is 0 Å². The van der Waals surface area contributed by atoms with Crippen molar-refractivity contribution < 1.29 is 22.3 Å². The highest BCUT2D eigenvalue weighted by Gasteiger charge is 2.39. The summed E-state index contributed by atoms with van der Waals surface area (Å²) in [7, 11) is -4.57. The summed E-state index contributed by atoms with van der Waals surface area (Å²) in [6.45, 7) is 7.18. The maximum atomic E-state index is 16.0. The summed E-state index contributed by atoms with van der Waals surface area (Å²) in [5, 5.41) is 20.5. The Morgan fingerprint density at radius 2 is 1.82 bits per heavy atom. The first-order chi connectivity index (χ1) is 20.9. The number of alkyl halides is 1. The molecule has 1 aliphatic rings. The lowest BCUT2D eigenvalue weighted by Gasteiger charge is -2.32. The average molecular weight is 623 g/mol. The largest absolute Gasteiger partial charge is 0.492 e. The second-order valence-corrected chi connectivity index (χ2v) is 12.9. The van der Waals surface area contributed by atoms with Gasteiger partial charge in [0.1, 0.15) is 17.4 Å². The molecule has 1 aliphatic carbocycles. The molecule has 0 bridgehead atoms. The predicted molar refractivity (Wildman–Crippen MR) is 163 cm³/mol. The maximum Gasteiger partial charge on any atom is 0.277 e. The van der Waals surface area contributed by atoms with Crippen LogP contribution in [-0.2, 0) is 16.3 Å². The minimum Gasteiger partial charge on any atom is -0.492 e. The van der Waals surface area contributed by atoms with E-state index in [2.05, 4.69) is 9.97 Å². The van der Waals surface area contributed by atoms with Gasteiger partial charge in [0.05, 0.1) is 17.0 Å². The van der Waals surface area contributed by atoms with Crippen molar-refractivity contribution in [2.24, 2.45) is 5.92 Å². The smallest absolute Gasteiger partial charge is 0.277 e. The molecule has 0 fully saturated rings. The first-order valence-electron chi connectivity index (χ1n) is 14.7. The van der Waals surface area contributed by atoms with Crippen molar-refractivity contribution in [3.8, 4) is 23.1 Å². The molecule has 4 rings (SSSR count). The predicted octanol–water partition coefficient (Wildman–Crippen LogP) is 6.73. The number of aromatic nitrogens is 3. The minimum absolute atomic E-state index is 0.101. The molecule has 3 atom stereocenters. The summed E-state index contributed by atoms with van der Waals surface area (Å²) in [6.07, 6.45) is 6.99. The summed E-state index contributed by atoms with van der Waals surface area (Å²) in [6, 6.07) is 9.58. The number of aromatic hydroxyl groups is 1. The third-order valence-corrected chi connectivity index (χ3v) is 9.73. The first-order valence-corrected chi connectivity index (χ1v) is 16.2. The van der Waals surface area contributed by atoms with Gasteiger partial charge in [-0.25, -0.2) is 17.8 Å². The Hall–Kier alpha value is -4.17. The van der Waals surface area contributed by atoms with Gasteiger partial charge in [-0.05, 0) is 67.7 Å². The molecule has 0 amide bonds. The monoisotopic (exact) mass is 622 g/mol. The van der Waals surface area contributed by atoms with E-state index < -0.39 is 49.7 Å². The van der Waals surface area contributed by atoms with Crippen molar-refractivity contribution in [3.63, 3.8) is 0 Å².